The van der Waals surface area contributed by atoms with Crippen LogP contribution in [0.25, 0.3) is 0 Å². The van der Waals surface area contributed by atoms with Gasteiger partial charge >= 0.3 is 0 Å². The molecule has 0 aromatic heterocycles. The molecule has 0 amide bonds. The number of thiocarbonyl (C=S) groups is 1. The molecule has 0 aliphatic heterocycles. The molecule has 2 nitrogen and oxygen atoms in total. The number of hydrogen-bond donors (Lipinski definition) is 1. The van der Waals surface area contributed by atoms with Crippen LogP contribution in [0.15, 0.2) is 29.4 Å². The van der Waals surface area contributed by atoms with E-state index in [1.165, 1.54) is 5.56 Å². The van der Waals surface area contributed by atoms with E-state index in [0.29, 0.717) is 4.99 Å². The number of aryl methyl sites for hydroxylation is 1. The molecular formula is C12H16N2S. The molecule has 0 aliphatic carbocycles. The summed E-state index contributed by atoms with van der Waals surface area (Å²) in [5.74, 6) is 0. The van der Waals surface area contributed by atoms with E-state index in [2.05, 4.69) is 41.7 Å². The third-order valence-electron chi connectivity index (χ3n) is 2.13. The highest BCUT2D eigenvalue weighted by atomic mass is 32.1. The topological polar surface area (TPSA) is 24.4 Å². The van der Waals surface area contributed by atoms with Crippen LogP contribution in [0.5, 0.6) is 0 Å². The van der Waals surface area contributed by atoms with Crippen LogP contribution in [0.3, 0.4) is 0 Å². The van der Waals surface area contributed by atoms with Crippen molar-refractivity contribution >= 4 is 22.9 Å². The predicted molar refractivity (Wildman–Crippen MR) is 69.4 cm³/mol. The molecule has 0 radical (unpaired) electrons. The lowest BCUT2D eigenvalue weighted by atomic mass is 10.1. The van der Waals surface area contributed by atoms with Crippen molar-refractivity contribution in [3.63, 3.8) is 0 Å². The minimum absolute atomic E-state index is 0.681. The second-order valence-electron chi connectivity index (χ2n) is 3.42. The zero-order valence-corrected chi connectivity index (χ0v) is 10.2. The van der Waals surface area contributed by atoms with Crippen molar-refractivity contribution in [2.75, 3.05) is 0 Å². The lowest BCUT2D eigenvalue weighted by molar-refractivity contribution is 1.03. The van der Waals surface area contributed by atoms with Gasteiger partial charge in [0.05, 0.1) is 10.7 Å². The van der Waals surface area contributed by atoms with Gasteiger partial charge in [0.15, 0.2) is 0 Å². The first-order valence-electron chi connectivity index (χ1n) is 5.03. The van der Waals surface area contributed by atoms with Crippen LogP contribution in [0.4, 0.5) is 0 Å². The Balaban J connectivity index is 2.85. The Morgan fingerprint density at radius 1 is 1.40 bits per heavy atom. The van der Waals surface area contributed by atoms with Gasteiger partial charge in [-0.2, -0.15) is 5.10 Å². The first-order valence-corrected chi connectivity index (χ1v) is 5.44. The standard InChI is InChI=1S/C12H16N2S/c1-4-11-6-5-7-12(8-11)9(2)13-14-10(3)15/h5-8H,4H2,1-3H3,(H,14,15)/b13-9+. The van der Waals surface area contributed by atoms with Crippen LogP contribution in [-0.2, 0) is 6.42 Å². The van der Waals surface area contributed by atoms with Crippen molar-refractivity contribution in [3.8, 4) is 0 Å². The third kappa shape index (κ3) is 3.80. The summed E-state index contributed by atoms with van der Waals surface area (Å²) in [6.07, 6.45) is 1.04. The van der Waals surface area contributed by atoms with Gasteiger partial charge in [-0.3, -0.25) is 5.43 Å². The Kier molecular flexibility index (Phi) is 4.43. The lowest BCUT2D eigenvalue weighted by Crippen LogP contribution is -2.13. The highest BCUT2D eigenvalue weighted by Crippen LogP contribution is 2.06. The largest absolute Gasteiger partial charge is 0.272 e. The van der Waals surface area contributed by atoms with Gasteiger partial charge in [0, 0.05) is 0 Å². The van der Waals surface area contributed by atoms with Crippen LogP contribution in [0.1, 0.15) is 31.9 Å². The monoisotopic (exact) mass is 220 g/mol. The first-order chi connectivity index (χ1) is 7.13. The van der Waals surface area contributed by atoms with E-state index >= 15 is 0 Å². The maximum absolute atomic E-state index is 4.89. The van der Waals surface area contributed by atoms with Crippen LogP contribution >= 0.6 is 12.2 Å². The number of nitrogens with one attached hydrogen (secondary N) is 1. The zero-order chi connectivity index (χ0) is 11.3. The normalized spacial score (nSPS) is 11.3. The summed E-state index contributed by atoms with van der Waals surface area (Å²) in [7, 11) is 0. The second-order valence-corrected chi connectivity index (χ2v) is 4.03. The molecule has 3 heteroatoms. The molecule has 1 rings (SSSR count). The maximum Gasteiger partial charge on any atom is 0.0930 e. The van der Waals surface area contributed by atoms with Crippen molar-refractivity contribution in [1.82, 2.24) is 5.43 Å². The van der Waals surface area contributed by atoms with Gasteiger partial charge in [0.25, 0.3) is 0 Å². The quantitative estimate of drug-likeness (QED) is 0.481. The van der Waals surface area contributed by atoms with E-state index in [1.807, 2.05) is 13.8 Å². The predicted octanol–water partition coefficient (Wildman–Crippen LogP) is 2.91. The fourth-order valence-corrected chi connectivity index (χ4v) is 1.29. The summed E-state index contributed by atoms with van der Waals surface area (Å²) in [4.78, 5) is 0.681. The van der Waals surface area contributed by atoms with Gasteiger partial charge in [-0.05, 0) is 37.5 Å². The van der Waals surface area contributed by atoms with Gasteiger partial charge in [-0.15, -0.1) is 0 Å². The van der Waals surface area contributed by atoms with Gasteiger partial charge < -0.3 is 0 Å². The molecule has 1 aromatic rings. The molecule has 0 saturated carbocycles. The van der Waals surface area contributed by atoms with Crippen molar-refractivity contribution in [2.45, 2.75) is 27.2 Å². The molecule has 0 fully saturated rings. The number of nitrogens with zero attached hydrogens (tertiary/aromatic N) is 1. The van der Waals surface area contributed by atoms with Gasteiger partial charge in [-0.1, -0.05) is 37.3 Å². The molecule has 1 aromatic carbocycles. The minimum atomic E-state index is 0.681. The average Bonchev–Trinajstić information content (AvgIpc) is 2.26. The molecule has 15 heavy (non-hydrogen) atoms. The number of benzene rings is 1. The molecule has 0 atom stereocenters. The van der Waals surface area contributed by atoms with E-state index in [0.717, 1.165) is 17.7 Å². The third-order valence-corrected chi connectivity index (χ3v) is 2.23. The van der Waals surface area contributed by atoms with Crippen LogP contribution in [0.2, 0.25) is 0 Å². The molecule has 0 bridgehead atoms. The van der Waals surface area contributed by atoms with Crippen LogP contribution in [0, 0.1) is 0 Å². The second kappa shape index (κ2) is 5.61. The Morgan fingerprint density at radius 2 is 2.13 bits per heavy atom. The van der Waals surface area contributed by atoms with E-state index in [-0.39, 0.29) is 0 Å². The highest BCUT2D eigenvalue weighted by molar-refractivity contribution is 7.80. The summed E-state index contributed by atoms with van der Waals surface area (Å²) < 4.78 is 0. The summed E-state index contributed by atoms with van der Waals surface area (Å²) in [5.41, 5.74) is 6.21. The van der Waals surface area contributed by atoms with Gasteiger partial charge in [0.1, 0.15) is 0 Å². The summed E-state index contributed by atoms with van der Waals surface area (Å²) in [5, 5.41) is 4.19. The summed E-state index contributed by atoms with van der Waals surface area (Å²) in [6.45, 7) is 5.93. The van der Waals surface area contributed by atoms with Gasteiger partial charge in [0.2, 0.25) is 0 Å². The van der Waals surface area contributed by atoms with Gasteiger partial charge in [-0.25, -0.2) is 0 Å². The Hall–Kier alpha value is -1.22. The van der Waals surface area contributed by atoms with Crippen molar-refractivity contribution in [2.24, 2.45) is 5.10 Å². The molecule has 0 aliphatic rings. The summed E-state index contributed by atoms with van der Waals surface area (Å²) >= 11 is 4.89. The van der Waals surface area contributed by atoms with Crippen LogP contribution in [-0.4, -0.2) is 10.7 Å². The Morgan fingerprint density at radius 3 is 2.73 bits per heavy atom. The number of rotatable bonds is 3. The summed E-state index contributed by atoms with van der Waals surface area (Å²) in [6, 6.07) is 8.38. The molecule has 0 spiro atoms. The number of hydrazone groups is 1. The SMILES string of the molecule is CCc1cccc(/C(C)=N/NC(C)=S)c1. The fourth-order valence-electron chi connectivity index (χ4n) is 1.24. The smallest absolute Gasteiger partial charge is 0.0930 e. The fraction of sp³-hybridized carbons (Fsp3) is 0.333. The maximum atomic E-state index is 4.89. The molecule has 0 unspecified atom stereocenters. The molecular weight excluding hydrogens is 204 g/mol. The molecule has 80 valence electrons. The molecule has 0 saturated heterocycles. The first kappa shape index (κ1) is 11.9. The highest BCUT2D eigenvalue weighted by Gasteiger charge is 1.98. The van der Waals surface area contributed by atoms with Crippen molar-refractivity contribution in [1.29, 1.82) is 0 Å². The van der Waals surface area contributed by atoms with E-state index in [1.54, 1.807) is 0 Å². The molecule has 1 N–H and O–H groups in total. The van der Waals surface area contributed by atoms with E-state index in [9.17, 15) is 0 Å². The lowest BCUT2D eigenvalue weighted by Gasteiger charge is -2.03. The number of hydrogen-bond acceptors (Lipinski definition) is 2. The van der Waals surface area contributed by atoms with Crippen LogP contribution < -0.4 is 5.43 Å². The Bertz CT molecular complexity index is 383. The van der Waals surface area contributed by atoms with E-state index in [4.69, 9.17) is 12.2 Å². The Labute approximate surface area is 96.4 Å². The molecule has 0 heterocycles. The minimum Gasteiger partial charge on any atom is -0.272 e. The van der Waals surface area contributed by atoms with Crippen molar-refractivity contribution < 1.29 is 0 Å². The average molecular weight is 220 g/mol. The zero-order valence-electron chi connectivity index (χ0n) is 9.37. The van der Waals surface area contributed by atoms with E-state index < -0.39 is 0 Å². The van der Waals surface area contributed by atoms with Crippen molar-refractivity contribution in [3.05, 3.63) is 35.4 Å².